The van der Waals surface area contributed by atoms with Crippen molar-refractivity contribution in [1.29, 1.82) is 0 Å². The zero-order chi connectivity index (χ0) is 20.5. The predicted octanol–water partition coefficient (Wildman–Crippen LogP) is 2.43. The van der Waals surface area contributed by atoms with Gasteiger partial charge in [-0.1, -0.05) is 12.8 Å². The number of nitrogens with zero attached hydrogens (tertiary/aromatic N) is 4. The predicted molar refractivity (Wildman–Crippen MR) is 113 cm³/mol. The van der Waals surface area contributed by atoms with E-state index in [-0.39, 0.29) is 23.9 Å². The minimum absolute atomic E-state index is 0.000934. The number of rotatable bonds is 4. The number of nitrogens with two attached hydrogens (primary N) is 1. The molecule has 2 aliphatic rings. The maximum atomic E-state index is 12.3. The van der Waals surface area contributed by atoms with Gasteiger partial charge >= 0.3 is 0 Å². The van der Waals surface area contributed by atoms with Gasteiger partial charge in [-0.15, -0.1) is 11.6 Å². The summed E-state index contributed by atoms with van der Waals surface area (Å²) in [4.78, 5) is 25.9. The lowest BCUT2D eigenvalue weighted by Gasteiger charge is -2.49. The smallest absolute Gasteiger partial charge is 0.237 e. The van der Waals surface area contributed by atoms with E-state index in [1.165, 1.54) is 0 Å². The van der Waals surface area contributed by atoms with Gasteiger partial charge in [-0.2, -0.15) is 4.98 Å². The molecule has 1 saturated heterocycles. The lowest BCUT2D eigenvalue weighted by Crippen LogP contribution is -2.62. The molecule has 0 bridgehead atoms. The fourth-order valence-electron chi connectivity index (χ4n) is 4.60. The highest BCUT2D eigenvalue weighted by atomic mass is 35.5. The third kappa shape index (κ3) is 3.50. The number of piperazine rings is 1. The molecule has 2 heterocycles. The fourth-order valence-corrected chi connectivity index (χ4v) is 4.75. The number of alkyl halides is 1. The summed E-state index contributed by atoms with van der Waals surface area (Å²) in [5.74, 6) is 2.19. The van der Waals surface area contributed by atoms with Gasteiger partial charge in [0.25, 0.3) is 0 Å². The second kappa shape index (κ2) is 8.10. The summed E-state index contributed by atoms with van der Waals surface area (Å²) in [7, 11) is 3.18. The van der Waals surface area contributed by atoms with Crippen molar-refractivity contribution >= 4 is 40.2 Å². The molecule has 0 spiro atoms. The van der Waals surface area contributed by atoms with Gasteiger partial charge in [0.2, 0.25) is 11.9 Å². The van der Waals surface area contributed by atoms with Crippen LogP contribution in [0.2, 0.25) is 0 Å². The van der Waals surface area contributed by atoms with Gasteiger partial charge < -0.3 is 25.0 Å². The van der Waals surface area contributed by atoms with E-state index in [0.717, 1.165) is 31.1 Å². The third-order valence-electron chi connectivity index (χ3n) is 5.99. The first-order valence-electron chi connectivity index (χ1n) is 9.88. The lowest BCUT2D eigenvalue weighted by atomic mass is 9.86. The SMILES string of the molecule is COc1cc2nc(N3CCN(C(=O)CCl)[C@H]4CCCC[C@H]43)nc(N)c2cc1OC. The molecule has 2 atom stereocenters. The van der Waals surface area contributed by atoms with Gasteiger partial charge in [0, 0.05) is 24.5 Å². The van der Waals surface area contributed by atoms with Crippen molar-refractivity contribution in [3.05, 3.63) is 12.1 Å². The Labute approximate surface area is 174 Å². The van der Waals surface area contributed by atoms with E-state index >= 15 is 0 Å². The fraction of sp³-hybridized carbons (Fsp3) is 0.550. The van der Waals surface area contributed by atoms with Gasteiger partial charge in [0.1, 0.15) is 11.7 Å². The molecule has 1 amide bonds. The summed E-state index contributed by atoms with van der Waals surface area (Å²) < 4.78 is 10.8. The first kappa shape index (κ1) is 19.8. The molecule has 156 valence electrons. The molecule has 1 aliphatic heterocycles. The molecule has 2 aromatic rings. The first-order valence-corrected chi connectivity index (χ1v) is 10.4. The first-order chi connectivity index (χ1) is 14.1. The molecule has 1 aliphatic carbocycles. The Bertz CT molecular complexity index is 925. The van der Waals surface area contributed by atoms with Crippen LogP contribution >= 0.6 is 11.6 Å². The number of carbonyl (C=O) groups is 1. The molecule has 4 rings (SSSR count). The van der Waals surface area contributed by atoms with Gasteiger partial charge in [-0.3, -0.25) is 4.79 Å². The summed E-state index contributed by atoms with van der Waals surface area (Å²) in [6.45, 7) is 1.27. The van der Waals surface area contributed by atoms with Crippen molar-refractivity contribution in [2.75, 3.05) is 43.8 Å². The highest BCUT2D eigenvalue weighted by Gasteiger charge is 2.41. The third-order valence-corrected chi connectivity index (χ3v) is 6.22. The highest BCUT2D eigenvalue weighted by Crippen LogP contribution is 2.36. The van der Waals surface area contributed by atoms with Crippen molar-refractivity contribution < 1.29 is 14.3 Å². The van der Waals surface area contributed by atoms with Crippen LogP contribution in [0.1, 0.15) is 25.7 Å². The highest BCUT2D eigenvalue weighted by molar-refractivity contribution is 6.27. The molecule has 1 aromatic heterocycles. The lowest BCUT2D eigenvalue weighted by molar-refractivity contribution is -0.132. The quantitative estimate of drug-likeness (QED) is 0.760. The average Bonchev–Trinajstić information content (AvgIpc) is 2.76. The van der Waals surface area contributed by atoms with Crippen LogP contribution in [-0.2, 0) is 4.79 Å². The monoisotopic (exact) mass is 419 g/mol. The number of methoxy groups -OCH3 is 2. The Morgan fingerprint density at radius 3 is 2.52 bits per heavy atom. The van der Waals surface area contributed by atoms with Crippen LogP contribution in [0.4, 0.5) is 11.8 Å². The number of nitrogen functional groups attached to an aromatic ring is 1. The maximum absolute atomic E-state index is 12.3. The standard InChI is InChI=1S/C20H26ClN5O3/c1-28-16-9-12-13(10-17(16)29-2)23-20(24-19(12)22)26-8-7-25(18(27)11-21)14-5-3-4-6-15(14)26/h9-10,14-15H,3-8,11H2,1-2H3,(H2,22,23,24)/t14-,15+/m0/s1. The molecule has 0 radical (unpaired) electrons. The minimum atomic E-state index is -0.000934. The zero-order valence-corrected chi connectivity index (χ0v) is 17.5. The second-order valence-corrected chi connectivity index (χ2v) is 7.73. The van der Waals surface area contributed by atoms with Gasteiger partial charge in [-0.05, 0) is 18.9 Å². The van der Waals surface area contributed by atoms with Crippen LogP contribution in [-0.4, -0.2) is 66.0 Å². The molecule has 1 aromatic carbocycles. The van der Waals surface area contributed by atoms with E-state index in [0.29, 0.717) is 41.9 Å². The Morgan fingerprint density at radius 2 is 1.83 bits per heavy atom. The van der Waals surface area contributed by atoms with Crippen LogP contribution in [0.15, 0.2) is 12.1 Å². The second-order valence-electron chi connectivity index (χ2n) is 7.47. The number of hydrogen-bond acceptors (Lipinski definition) is 7. The molecular formula is C20H26ClN5O3. The van der Waals surface area contributed by atoms with Crippen molar-refractivity contribution in [1.82, 2.24) is 14.9 Å². The number of anilines is 2. The summed E-state index contributed by atoms with van der Waals surface area (Å²) in [6, 6.07) is 3.92. The number of aromatic nitrogens is 2. The summed E-state index contributed by atoms with van der Waals surface area (Å²) in [5, 5.41) is 0.725. The Balaban J connectivity index is 1.73. The van der Waals surface area contributed by atoms with E-state index < -0.39 is 0 Å². The molecule has 1 saturated carbocycles. The topological polar surface area (TPSA) is 93.8 Å². The average molecular weight is 420 g/mol. The number of amides is 1. The van der Waals surface area contributed by atoms with E-state index in [2.05, 4.69) is 9.88 Å². The van der Waals surface area contributed by atoms with Crippen LogP contribution < -0.4 is 20.1 Å². The van der Waals surface area contributed by atoms with Gasteiger partial charge in [-0.25, -0.2) is 4.98 Å². The number of benzene rings is 1. The number of fused-ring (bicyclic) bond motifs is 2. The van der Waals surface area contributed by atoms with E-state index in [4.69, 9.17) is 31.8 Å². The Kier molecular flexibility index (Phi) is 5.54. The van der Waals surface area contributed by atoms with Crippen molar-refractivity contribution in [3.8, 4) is 11.5 Å². The maximum Gasteiger partial charge on any atom is 0.237 e. The number of halogens is 1. The van der Waals surface area contributed by atoms with E-state index in [1.54, 1.807) is 20.3 Å². The number of hydrogen-bond donors (Lipinski definition) is 1. The van der Waals surface area contributed by atoms with Crippen molar-refractivity contribution in [2.24, 2.45) is 0 Å². The number of carbonyl (C=O) groups excluding carboxylic acids is 1. The van der Waals surface area contributed by atoms with Crippen molar-refractivity contribution in [3.63, 3.8) is 0 Å². The molecule has 8 nitrogen and oxygen atoms in total. The molecule has 29 heavy (non-hydrogen) atoms. The molecule has 2 N–H and O–H groups in total. The number of ether oxygens (including phenoxy) is 2. The largest absolute Gasteiger partial charge is 0.493 e. The molecule has 9 heteroatoms. The summed E-state index contributed by atoms with van der Waals surface area (Å²) in [6.07, 6.45) is 4.19. The van der Waals surface area contributed by atoms with Crippen LogP contribution in [0.5, 0.6) is 11.5 Å². The molecule has 0 unspecified atom stereocenters. The molecular weight excluding hydrogens is 394 g/mol. The van der Waals surface area contributed by atoms with Crippen LogP contribution in [0.25, 0.3) is 10.9 Å². The minimum Gasteiger partial charge on any atom is -0.493 e. The Morgan fingerprint density at radius 1 is 1.14 bits per heavy atom. The summed E-state index contributed by atoms with van der Waals surface area (Å²) in [5.41, 5.74) is 6.99. The van der Waals surface area contributed by atoms with Crippen molar-refractivity contribution in [2.45, 2.75) is 37.8 Å². The van der Waals surface area contributed by atoms with Crippen LogP contribution in [0.3, 0.4) is 0 Å². The van der Waals surface area contributed by atoms with Crippen LogP contribution in [0, 0.1) is 0 Å². The van der Waals surface area contributed by atoms with E-state index in [9.17, 15) is 4.79 Å². The normalized spacial score (nSPS) is 21.8. The van der Waals surface area contributed by atoms with Gasteiger partial charge in [0.15, 0.2) is 11.5 Å². The summed E-state index contributed by atoms with van der Waals surface area (Å²) >= 11 is 5.84. The van der Waals surface area contributed by atoms with Gasteiger partial charge in [0.05, 0.1) is 31.8 Å². The zero-order valence-electron chi connectivity index (χ0n) is 16.7. The van der Waals surface area contributed by atoms with E-state index in [1.807, 2.05) is 11.0 Å². The molecule has 2 fully saturated rings. The Hall–Kier alpha value is -2.48.